The standard InChI is InChI=1S/C10H6FN2/c11-10-7-3-1-2-4-8(7)13-9(10)5-6-12-13/h1-4,6,10H. The molecule has 2 heterocycles. The third-order valence-corrected chi connectivity index (χ3v) is 2.29. The molecule has 3 heteroatoms. The predicted octanol–water partition coefficient (Wildman–Crippen LogP) is 2.04. The molecule has 0 bridgehead atoms. The Morgan fingerprint density at radius 2 is 2.23 bits per heavy atom. The van der Waals surface area contributed by atoms with Crippen molar-refractivity contribution in [3.8, 4) is 5.69 Å². The first-order chi connectivity index (χ1) is 6.38. The van der Waals surface area contributed by atoms with E-state index in [0.29, 0.717) is 11.3 Å². The minimum absolute atomic E-state index is 0.501. The highest BCUT2D eigenvalue weighted by molar-refractivity contribution is 5.50. The van der Waals surface area contributed by atoms with Gasteiger partial charge in [0.1, 0.15) is 0 Å². The Balaban J connectivity index is 2.37. The molecule has 1 aliphatic rings. The molecule has 3 rings (SSSR count). The van der Waals surface area contributed by atoms with E-state index in [1.807, 2.05) is 18.2 Å². The summed E-state index contributed by atoms with van der Waals surface area (Å²) in [5.41, 5.74) is 2.01. The summed E-state index contributed by atoms with van der Waals surface area (Å²) >= 11 is 0. The summed E-state index contributed by atoms with van der Waals surface area (Å²) in [6.07, 6.45) is 0.427. The van der Waals surface area contributed by atoms with Gasteiger partial charge in [0.05, 0.1) is 17.6 Å². The molecule has 1 unspecified atom stereocenters. The van der Waals surface area contributed by atoms with Gasteiger partial charge < -0.3 is 0 Å². The molecule has 0 amide bonds. The zero-order valence-corrected chi connectivity index (χ0v) is 6.74. The van der Waals surface area contributed by atoms with Gasteiger partial charge in [-0.25, -0.2) is 9.07 Å². The summed E-state index contributed by atoms with van der Waals surface area (Å²) in [4.78, 5) is 0. The summed E-state index contributed by atoms with van der Waals surface area (Å²) in [7, 11) is 0. The molecular weight excluding hydrogens is 167 g/mol. The van der Waals surface area contributed by atoms with Gasteiger partial charge in [0.15, 0.2) is 6.17 Å². The number of halogens is 1. The molecule has 63 valence electrons. The molecule has 2 aromatic rings. The molecule has 1 atom stereocenters. The largest absolute Gasteiger partial charge is 0.235 e. The second-order valence-electron chi connectivity index (χ2n) is 3.01. The highest BCUT2D eigenvalue weighted by Gasteiger charge is 2.28. The second kappa shape index (κ2) is 2.19. The van der Waals surface area contributed by atoms with Crippen molar-refractivity contribution in [2.24, 2.45) is 0 Å². The van der Waals surface area contributed by atoms with Crippen molar-refractivity contribution in [2.45, 2.75) is 6.17 Å². The van der Waals surface area contributed by atoms with Crippen molar-refractivity contribution >= 4 is 0 Å². The Morgan fingerprint density at radius 1 is 1.38 bits per heavy atom. The number of hydrogen-bond donors (Lipinski definition) is 0. The van der Waals surface area contributed by atoms with Crippen molar-refractivity contribution in [3.63, 3.8) is 0 Å². The van der Waals surface area contributed by atoms with E-state index < -0.39 is 6.17 Å². The smallest absolute Gasteiger partial charge is 0.170 e. The molecule has 13 heavy (non-hydrogen) atoms. The Bertz CT molecular complexity index is 461. The Kier molecular flexibility index (Phi) is 1.15. The Labute approximate surface area is 74.6 Å². The van der Waals surface area contributed by atoms with Crippen LogP contribution in [0, 0.1) is 6.07 Å². The first kappa shape index (κ1) is 6.83. The fraction of sp³-hybridized carbons (Fsp3) is 0.100. The molecule has 1 radical (unpaired) electrons. The Morgan fingerprint density at radius 3 is 3.15 bits per heavy atom. The van der Waals surface area contributed by atoms with E-state index in [4.69, 9.17) is 0 Å². The summed E-state index contributed by atoms with van der Waals surface area (Å²) in [5, 5.41) is 4.01. The third kappa shape index (κ3) is 0.736. The number of alkyl halides is 1. The Hall–Kier alpha value is -1.64. The fourth-order valence-corrected chi connectivity index (χ4v) is 1.69. The number of hydrogen-bond acceptors (Lipinski definition) is 1. The van der Waals surface area contributed by atoms with Gasteiger partial charge in [0.2, 0.25) is 0 Å². The molecule has 0 aliphatic carbocycles. The van der Waals surface area contributed by atoms with Crippen molar-refractivity contribution in [1.82, 2.24) is 9.78 Å². The topological polar surface area (TPSA) is 17.8 Å². The molecule has 0 saturated carbocycles. The van der Waals surface area contributed by atoms with E-state index in [9.17, 15) is 4.39 Å². The van der Waals surface area contributed by atoms with Crippen LogP contribution in [0.15, 0.2) is 30.5 Å². The zero-order valence-electron chi connectivity index (χ0n) is 6.74. The van der Waals surface area contributed by atoms with Gasteiger partial charge in [-0.3, -0.25) is 0 Å². The van der Waals surface area contributed by atoms with E-state index in [1.165, 1.54) is 6.20 Å². The van der Waals surface area contributed by atoms with Crippen molar-refractivity contribution in [1.29, 1.82) is 0 Å². The highest BCUT2D eigenvalue weighted by Crippen LogP contribution is 2.37. The van der Waals surface area contributed by atoms with Crippen LogP contribution in [-0.4, -0.2) is 9.78 Å². The van der Waals surface area contributed by atoms with Crippen molar-refractivity contribution in [3.05, 3.63) is 47.8 Å². The lowest BCUT2D eigenvalue weighted by Crippen LogP contribution is -1.92. The van der Waals surface area contributed by atoms with E-state index >= 15 is 0 Å². The van der Waals surface area contributed by atoms with Crippen molar-refractivity contribution < 1.29 is 4.39 Å². The van der Waals surface area contributed by atoms with Gasteiger partial charge in [-0.1, -0.05) is 18.2 Å². The molecule has 1 aromatic heterocycles. The van der Waals surface area contributed by atoms with E-state index in [1.54, 1.807) is 10.7 Å². The predicted molar refractivity (Wildman–Crippen MR) is 45.4 cm³/mol. The third-order valence-electron chi connectivity index (χ3n) is 2.29. The van der Waals surface area contributed by atoms with Gasteiger partial charge in [0.25, 0.3) is 0 Å². The molecular formula is C10H6FN2. The summed E-state index contributed by atoms with van der Waals surface area (Å²) < 4.78 is 15.2. The lowest BCUT2D eigenvalue weighted by Gasteiger charge is -1.98. The monoisotopic (exact) mass is 173 g/mol. The number of aromatic nitrogens is 2. The average molecular weight is 173 g/mol. The molecule has 1 aliphatic heterocycles. The van der Waals surface area contributed by atoms with Gasteiger partial charge in [0, 0.05) is 11.6 Å². The molecule has 0 spiro atoms. The first-order valence-corrected chi connectivity index (χ1v) is 4.07. The van der Waals surface area contributed by atoms with Crippen LogP contribution in [0.2, 0.25) is 0 Å². The van der Waals surface area contributed by atoms with Crippen molar-refractivity contribution in [2.75, 3.05) is 0 Å². The SMILES string of the molecule is FC1c2ccccc2-n2nc[c]c21. The van der Waals surface area contributed by atoms with Crippen LogP contribution in [0.25, 0.3) is 5.69 Å². The first-order valence-electron chi connectivity index (χ1n) is 4.07. The summed E-state index contributed by atoms with van der Waals surface area (Å²) in [6, 6.07) is 10.1. The summed E-state index contributed by atoms with van der Waals surface area (Å²) in [6.45, 7) is 0. The fourth-order valence-electron chi connectivity index (χ4n) is 1.69. The van der Waals surface area contributed by atoms with E-state index in [2.05, 4.69) is 11.2 Å². The van der Waals surface area contributed by atoms with E-state index in [0.717, 1.165) is 5.69 Å². The van der Waals surface area contributed by atoms with Gasteiger partial charge in [-0.05, 0) is 6.07 Å². The molecule has 1 aromatic carbocycles. The minimum atomic E-state index is -1.07. The summed E-state index contributed by atoms with van der Waals surface area (Å²) in [5.74, 6) is 0. The van der Waals surface area contributed by atoms with Crippen LogP contribution in [0.5, 0.6) is 0 Å². The lowest BCUT2D eigenvalue weighted by molar-refractivity contribution is 0.402. The number of nitrogens with zero attached hydrogens (tertiary/aromatic N) is 2. The van der Waals surface area contributed by atoms with Crippen LogP contribution in [-0.2, 0) is 0 Å². The van der Waals surface area contributed by atoms with Crippen LogP contribution in [0.3, 0.4) is 0 Å². The molecule has 0 fully saturated rings. The normalized spacial score (nSPS) is 18.4. The zero-order chi connectivity index (χ0) is 8.84. The lowest BCUT2D eigenvalue weighted by atomic mass is 10.1. The maximum atomic E-state index is 13.7. The number of benzene rings is 1. The average Bonchev–Trinajstić information content (AvgIpc) is 2.72. The molecule has 2 nitrogen and oxygen atoms in total. The maximum Gasteiger partial charge on any atom is 0.170 e. The van der Waals surface area contributed by atoms with Gasteiger partial charge in [-0.15, -0.1) is 0 Å². The van der Waals surface area contributed by atoms with Crippen LogP contribution < -0.4 is 0 Å². The molecule has 0 saturated heterocycles. The van der Waals surface area contributed by atoms with Crippen LogP contribution in [0.1, 0.15) is 17.4 Å². The quantitative estimate of drug-likeness (QED) is 0.596. The minimum Gasteiger partial charge on any atom is -0.235 e. The number of rotatable bonds is 0. The highest BCUT2D eigenvalue weighted by atomic mass is 19.1. The van der Waals surface area contributed by atoms with Gasteiger partial charge in [-0.2, -0.15) is 5.10 Å². The number of fused-ring (bicyclic) bond motifs is 3. The van der Waals surface area contributed by atoms with Gasteiger partial charge >= 0.3 is 0 Å². The number of para-hydroxylation sites is 1. The van der Waals surface area contributed by atoms with E-state index in [-0.39, 0.29) is 0 Å². The molecule has 0 N–H and O–H groups in total. The van der Waals surface area contributed by atoms with Crippen LogP contribution in [0.4, 0.5) is 4.39 Å². The second-order valence-corrected chi connectivity index (χ2v) is 3.01. The maximum absolute atomic E-state index is 13.7. The van der Waals surface area contributed by atoms with Crippen LogP contribution >= 0.6 is 0 Å².